The van der Waals surface area contributed by atoms with Crippen molar-refractivity contribution in [3.63, 3.8) is 0 Å². The lowest BCUT2D eigenvalue weighted by atomic mass is 10.0. The van der Waals surface area contributed by atoms with Gasteiger partial charge in [0.15, 0.2) is 0 Å². The Balaban J connectivity index is 1.36. The number of aliphatic imine (C=N–C) groups is 1. The van der Waals surface area contributed by atoms with Gasteiger partial charge in [0.2, 0.25) is 15.0 Å². The van der Waals surface area contributed by atoms with Crippen LogP contribution in [-0.2, 0) is 9.84 Å². The molecule has 0 spiro atoms. The summed E-state index contributed by atoms with van der Waals surface area (Å²) >= 11 is 0. The van der Waals surface area contributed by atoms with Gasteiger partial charge in [-0.1, -0.05) is 30.3 Å². The third kappa shape index (κ3) is 2.28. The molecular weight excluding hydrogens is 334 g/mol. The SMILES string of the molecule is O=S1(=O)C(N2CC3CN(c4ccccc4)CC3C2)=Nc2ccccc21. The van der Waals surface area contributed by atoms with Gasteiger partial charge in [-0.15, -0.1) is 0 Å². The minimum absolute atomic E-state index is 0.245. The van der Waals surface area contributed by atoms with E-state index in [1.165, 1.54) is 5.69 Å². The highest BCUT2D eigenvalue weighted by atomic mass is 32.2. The second-order valence-electron chi connectivity index (χ2n) is 7.03. The summed E-state index contributed by atoms with van der Waals surface area (Å²) in [4.78, 5) is 9.16. The first-order valence-electron chi connectivity index (χ1n) is 8.61. The van der Waals surface area contributed by atoms with Crippen molar-refractivity contribution in [2.45, 2.75) is 4.90 Å². The molecule has 0 radical (unpaired) electrons. The lowest BCUT2D eigenvalue weighted by Crippen LogP contribution is -2.36. The molecule has 3 aliphatic rings. The Morgan fingerprint density at radius 3 is 2.08 bits per heavy atom. The Morgan fingerprint density at radius 2 is 1.40 bits per heavy atom. The van der Waals surface area contributed by atoms with E-state index in [0.717, 1.165) is 26.2 Å². The molecule has 2 aromatic carbocycles. The highest BCUT2D eigenvalue weighted by Gasteiger charge is 2.45. The van der Waals surface area contributed by atoms with E-state index in [-0.39, 0.29) is 5.17 Å². The van der Waals surface area contributed by atoms with Crippen molar-refractivity contribution in [1.29, 1.82) is 0 Å². The van der Waals surface area contributed by atoms with Crippen LogP contribution in [-0.4, -0.2) is 44.7 Å². The molecule has 0 bridgehead atoms. The third-order valence-electron chi connectivity index (χ3n) is 5.49. The predicted molar refractivity (Wildman–Crippen MR) is 97.9 cm³/mol. The molecule has 2 fully saturated rings. The molecule has 25 heavy (non-hydrogen) atoms. The maximum absolute atomic E-state index is 12.8. The van der Waals surface area contributed by atoms with E-state index < -0.39 is 9.84 Å². The zero-order valence-corrected chi connectivity index (χ0v) is 14.6. The second-order valence-corrected chi connectivity index (χ2v) is 8.84. The van der Waals surface area contributed by atoms with E-state index in [1.54, 1.807) is 18.2 Å². The number of hydrogen-bond acceptors (Lipinski definition) is 5. The Morgan fingerprint density at radius 1 is 0.800 bits per heavy atom. The largest absolute Gasteiger partial charge is 0.371 e. The number of fused-ring (bicyclic) bond motifs is 2. The molecule has 128 valence electrons. The smallest absolute Gasteiger partial charge is 0.241 e. The van der Waals surface area contributed by atoms with Crippen LogP contribution in [0.5, 0.6) is 0 Å². The van der Waals surface area contributed by atoms with Crippen molar-refractivity contribution in [2.75, 3.05) is 31.1 Å². The molecule has 5 rings (SSSR count). The summed E-state index contributed by atoms with van der Waals surface area (Å²) in [6, 6.07) is 17.4. The number of benzene rings is 2. The van der Waals surface area contributed by atoms with Crippen LogP contribution >= 0.6 is 0 Å². The van der Waals surface area contributed by atoms with Gasteiger partial charge in [0.25, 0.3) is 0 Å². The van der Waals surface area contributed by atoms with Crippen LogP contribution < -0.4 is 4.90 Å². The Labute approximate surface area is 147 Å². The quantitative estimate of drug-likeness (QED) is 0.791. The number of anilines is 1. The summed E-state index contributed by atoms with van der Waals surface area (Å²) in [7, 11) is -3.46. The lowest BCUT2D eigenvalue weighted by molar-refractivity contribution is 0.481. The number of hydrogen-bond donors (Lipinski definition) is 0. The van der Waals surface area contributed by atoms with E-state index in [1.807, 2.05) is 17.0 Å². The molecule has 3 aliphatic heterocycles. The maximum Gasteiger partial charge on any atom is 0.241 e. The molecule has 3 heterocycles. The second kappa shape index (κ2) is 5.33. The van der Waals surface area contributed by atoms with E-state index >= 15 is 0 Å². The van der Waals surface area contributed by atoms with Crippen LogP contribution in [0.25, 0.3) is 0 Å². The van der Waals surface area contributed by atoms with Gasteiger partial charge in [-0.2, -0.15) is 0 Å². The number of likely N-dealkylation sites (tertiary alicyclic amines) is 1. The highest BCUT2D eigenvalue weighted by Crippen LogP contribution is 2.39. The molecule has 0 aliphatic carbocycles. The fourth-order valence-corrected chi connectivity index (χ4v) is 5.83. The van der Waals surface area contributed by atoms with Crippen molar-refractivity contribution >= 4 is 26.4 Å². The zero-order chi connectivity index (χ0) is 17.0. The molecule has 2 saturated heterocycles. The summed E-state index contributed by atoms with van der Waals surface area (Å²) in [6.45, 7) is 3.48. The molecule has 0 N–H and O–H groups in total. The van der Waals surface area contributed by atoms with Crippen LogP contribution in [0.4, 0.5) is 11.4 Å². The summed E-state index contributed by atoms with van der Waals surface area (Å²) < 4.78 is 25.6. The number of rotatable bonds is 1. The molecule has 5 nitrogen and oxygen atoms in total. The summed E-state index contributed by atoms with van der Waals surface area (Å²) in [5, 5.41) is 0.245. The van der Waals surface area contributed by atoms with Gasteiger partial charge in [0.1, 0.15) is 4.90 Å². The fourth-order valence-electron chi connectivity index (χ4n) is 4.28. The number of amidine groups is 1. The maximum atomic E-state index is 12.8. The molecule has 0 amide bonds. The molecule has 0 saturated carbocycles. The number of nitrogens with zero attached hydrogens (tertiary/aromatic N) is 3. The van der Waals surface area contributed by atoms with Gasteiger partial charge in [-0.05, 0) is 24.3 Å². The lowest BCUT2D eigenvalue weighted by Gasteiger charge is -2.23. The summed E-state index contributed by atoms with van der Waals surface area (Å²) in [5.41, 5.74) is 1.82. The van der Waals surface area contributed by atoms with Crippen LogP contribution in [0.1, 0.15) is 0 Å². The molecule has 2 atom stereocenters. The first-order chi connectivity index (χ1) is 12.1. The molecule has 6 heteroatoms. The average Bonchev–Trinajstić information content (AvgIpc) is 3.26. The van der Waals surface area contributed by atoms with Gasteiger partial charge >= 0.3 is 0 Å². The topological polar surface area (TPSA) is 53.0 Å². The Hall–Kier alpha value is -2.34. The van der Waals surface area contributed by atoms with Crippen LogP contribution in [0.2, 0.25) is 0 Å². The van der Waals surface area contributed by atoms with E-state index in [4.69, 9.17) is 0 Å². The number of sulfone groups is 1. The van der Waals surface area contributed by atoms with Gasteiger partial charge in [-0.25, -0.2) is 13.4 Å². The monoisotopic (exact) mass is 353 g/mol. The summed E-state index contributed by atoms with van der Waals surface area (Å²) in [5.74, 6) is 0.976. The molecular formula is C19H19N3O2S. The van der Waals surface area contributed by atoms with Crippen LogP contribution in [0.3, 0.4) is 0 Å². The van der Waals surface area contributed by atoms with Gasteiger partial charge < -0.3 is 9.80 Å². The molecule has 0 aromatic heterocycles. The van der Waals surface area contributed by atoms with Crippen molar-refractivity contribution in [3.8, 4) is 0 Å². The van der Waals surface area contributed by atoms with Crippen molar-refractivity contribution < 1.29 is 8.42 Å². The number of para-hydroxylation sites is 2. The predicted octanol–water partition coefficient (Wildman–Crippen LogP) is 2.53. The van der Waals surface area contributed by atoms with E-state index in [0.29, 0.717) is 22.4 Å². The van der Waals surface area contributed by atoms with E-state index in [9.17, 15) is 8.42 Å². The van der Waals surface area contributed by atoms with Crippen LogP contribution in [0, 0.1) is 11.8 Å². The zero-order valence-electron chi connectivity index (χ0n) is 13.7. The van der Waals surface area contributed by atoms with Gasteiger partial charge in [0, 0.05) is 43.7 Å². The Kier molecular flexibility index (Phi) is 3.19. The van der Waals surface area contributed by atoms with Crippen LogP contribution in [0.15, 0.2) is 64.5 Å². The van der Waals surface area contributed by atoms with Gasteiger partial charge in [-0.3, -0.25) is 0 Å². The Bertz CT molecular complexity index is 942. The first-order valence-corrected chi connectivity index (χ1v) is 10.1. The minimum Gasteiger partial charge on any atom is -0.371 e. The molecule has 2 aromatic rings. The van der Waals surface area contributed by atoms with E-state index in [2.05, 4.69) is 34.2 Å². The minimum atomic E-state index is -3.46. The molecule has 2 unspecified atom stereocenters. The van der Waals surface area contributed by atoms with Crippen molar-refractivity contribution in [2.24, 2.45) is 16.8 Å². The third-order valence-corrected chi connectivity index (χ3v) is 7.24. The summed E-state index contributed by atoms with van der Waals surface area (Å²) in [6.07, 6.45) is 0. The fraction of sp³-hybridized carbons (Fsp3) is 0.316. The highest BCUT2D eigenvalue weighted by molar-refractivity contribution is 8.06. The van der Waals surface area contributed by atoms with Crippen molar-refractivity contribution in [3.05, 3.63) is 54.6 Å². The van der Waals surface area contributed by atoms with Crippen molar-refractivity contribution in [1.82, 2.24) is 4.90 Å². The average molecular weight is 353 g/mol. The van der Waals surface area contributed by atoms with Gasteiger partial charge in [0.05, 0.1) is 5.69 Å². The standard InChI is InChI=1S/C19H19N3O2S/c23-25(24)18-9-5-4-8-17(18)20-19(25)22-12-14-10-21(11-15(14)13-22)16-6-2-1-3-7-16/h1-9,14-15H,10-13H2. The first kappa shape index (κ1) is 15.0. The normalized spacial score (nSPS) is 26.5.